The van der Waals surface area contributed by atoms with Gasteiger partial charge in [-0.2, -0.15) is 9.61 Å². The first kappa shape index (κ1) is 17.0. The molecule has 3 aromatic rings. The molecular formula is C17H19N7O3. The molecule has 0 radical (unpaired) electrons. The van der Waals surface area contributed by atoms with Gasteiger partial charge in [-0.25, -0.2) is 9.97 Å². The molecular weight excluding hydrogens is 350 g/mol. The summed E-state index contributed by atoms with van der Waals surface area (Å²) in [5.41, 5.74) is 7.46. The van der Waals surface area contributed by atoms with Gasteiger partial charge in [-0.05, 0) is 19.1 Å². The number of nitrogen functional groups attached to an aromatic ring is 1. The van der Waals surface area contributed by atoms with Gasteiger partial charge in [0.1, 0.15) is 17.2 Å². The van der Waals surface area contributed by atoms with Gasteiger partial charge in [0, 0.05) is 12.1 Å². The van der Waals surface area contributed by atoms with Crippen molar-refractivity contribution in [1.82, 2.24) is 24.9 Å². The topological polar surface area (TPSA) is 129 Å². The van der Waals surface area contributed by atoms with E-state index in [2.05, 4.69) is 25.7 Å². The van der Waals surface area contributed by atoms with E-state index in [-0.39, 0.29) is 11.9 Å². The van der Waals surface area contributed by atoms with Gasteiger partial charge in [-0.1, -0.05) is 0 Å². The Bertz CT molecular complexity index is 1020. The van der Waals surface area contributed by atoms with Crippen molar-refractivity contribution in [2.45, 2.75) is 19.6 Å². The smallest absolute Gasteiger partial charge is 0.257 e. The zero-order valence-electron chi connectivity index (χ0n) is 14.9. The third-order valence-electron chi connectivity index (χ3n) is 4.12. The van der Waals surface area contributed by atoms with Crippen LogP contribution in [-0.2, 0) is 11.3 Å². The summed E-state index contributed by atoms with van der Waals surface area (Å²) in [4.78, 5) is 21.6. The van der Waals surface area contributed by atoms with Crippen LogP contribution in [-0.4, -0.2) is 45.2 Å². The van der Waals surface area contributed by atoms with E-state index >= 15 is 0 Å². The highest BCUT2D eigenvalue weighted by molar-refractivity contribution is 6.00. The van der Waals surface area contributed by atoms with Gasteiger partial charge in [0.05, 0.1) is 32.2 Å². The van der Waals surface area contributed by atoms with Crippen LogP contribution in [0.3, 0.4) is 0 Å². The van der Waals surface area contributed by atoms with Gasteiger partial charge in [0.15, 0.2) is 17.2 Å². The van der Waals surface area contributed by atoms with Crippen molar-refractivity contribution in [3.8, 4) is 5.75 Å². The van der Waals surface area contributed by atoms with E-state index in [9.17, 15) is 4.79 Å². The second-order valence-corrected chi connectivity index (χ2v) is 6.23. The van der Waals surface area contributed by atoms with E-state index < -0.39 is 0 Å². The molecule has 4 rings (SSSR count). The predicted octanol–water partition coefficient (Wildman–Crippen LogP) is 1.11. The van der Waals surface area contributed by atoms with E-state index in [0.717, 1.165) is 0 Å². The summed E-state index contributed by atoms with van der Waals surface area (Å²) in [6.07, 6.45) is 1.44. The second-order valence-electron chi connectivity index (χ2n) is 6.23. The Morgan fingerprint density at radius 2 is 2.22 bits per heavy atom. The first-order chi connectivity index (χ1) is 13.0. The van der Waals surface area contributed by atoms with E-state index in [1.54, 1.807) is 19.2 Å². The van der Waals surface area contributed by atoms with Crippen LogP contribution in [0.15, 0.2) is 24.4 Å². The number of nitrogens with two attached hydrogens (primary N) is 1. The maximum atomic E-state index is 12.6. The third kappa shape index (κ3) is 3.22. The first-order valence-electron chi connectivity index (χ1n) is 8.39. The van der Waals surface area contributed by atoms with E-state index in [1.807, 2.05) is 13.0 Å². The molecule has 0 saturated heterocycles. The van der Waals surface area contributed by atoms with Crippen LogP contribution in [0, 0.1) is 0 Å². The number of rotatable bonds is 1. The fourth-order valence-corrected chi connectivity index (χ4v) is 2.84. The molecule has 1 atom stereocenters. The number of methoxy groups -OCH3 is 1. The molecule has 4 N–H and O–H groups in total. The van der Waals surface area contributed by atoms with Crippen LogP contribution in [0.4, 0.5) is 17.5 Å². The minimum Gasteiger partial charge on any atom is -0.493 e. The maximum absolute atomic E-state index is 12.6. The van der Waals surface area contributed by atoms with Crippen molar-refractivity contribution in [3.05, 3.63) is 35.7 Å². The van der Waals surface area contributed by atoms with E-state index in [4.69, 9.17) is 15.2 Å². The normalized spacial score (nSPS) is 17.3. The number of carbonyl (C=O) groups is 1. The Balaban J connectivity index is 1.86. The molecule has 10 nitrogen and oxygen atoms in total. The number of carbonyl (C=O) groups excluding carboxylic acids is 1. The molecule has 10 heteroatoms. The number of amides is 1. The van der Waals surface area contributed by atoms with Crippen LogP contribution < -0.4 is 21.1 Å². The van der Waals surface area contributed by atoms with Crippen molar-refractivity contribution >= 4 is 29.0 Å². The Hall–Kier alpha value is -3.40. The minimum absolute atomic E-state index is 0.202. The second kappa shape index (κ2) is 6.72. The fraction of sp³-hybridized carbons (Fsp3) is 0.294. The molecule has 1 unspecified atom stereocenters. The third-order valence-corrected chi connectivity index (χ3v) is 4.12. The molecule has 140 valence electrons. The molecule has 0 fully saturated rings. The highest BCUT2D eigenvalue weighted by Gasteiger charge is 2.19. The molecule has 3 aromatic heterocycles. The lowest BCUT2D eigenvalue weighted by atomic mass is 10.2. The number of nitrogens with one attached hydrogen (secondary N) is 2. The van der Waals surface area contributed by atoms with Gasteiger partial charge < -0.3 is 25.8 Å². The van der Waals surface area contributed by atoms with Crippen molar-refractivity contribution in [3.63, 3.8) is 0 Å². The zero-order valence-corrected chi connectivity index (χ0v) is 14.9. The number of pyridine rings is 1. The largest absolute Gasteiger partial charge is 0.493 e. The molecule has 27 heavy (non-hydrogen) atoms. The summed E-state index contributed by atoms with van der Waals surface area (Å²) in [7, 11) is 1.56. The lowest BCUT2D eigenvalue weighted by Gasteiger charge is -2.16. The predicted molar refractivity (Wildman–Crippen MR) is 98.1 cm³/mol. The molecule has 0 aliphatic carbocycles. The number of aromatic nitrogens is 4. The summed E-state index contributed by atoms with van der Waals surface area (Å²) in [5, 5.41) is 10.1. The minimum atomic E-state index is -0.295. The van der Waals surface area contributed by atoms with E-state index in [0.29, 0.717) is 53.3 Å². The highest BCUT2D eigenvalue weighted by Crippen LogP contribution is 2.27. The molecule has 4 bridgehead atoms. The molecule has 4 heterocycles. The quantitative estimate of drug-likeness (QED) is 0.582. The average Bonchev–Trinajstić information content (AvgIpc) is 3.06. The number of fused-ring (bicyclic) bond motifs is 3. The van der Waals surface area contributed by atoms with Gasteiger partial charge >= 0.3 is 0 Å². The molecule has 0 saturated carbocycles. The van der Waals surface area contributed by atoms with E-state index in [1.165, 1.54) is 10.7 Å². The number of hydrogen-bond acceptors (Lipinski definition) is 8. The lowest BCUT2D eigenvalue weighted by molar-refractivity contribution is 0.0814. The molecule has 1 aliphatic rings. The number of ether oxygens (including phenoxy) is 2. The zero-order chi connectivity index (χ0) is 19.0. The van der Waals surface area contributed by atoms with Crippen molar-refractivity contribution in [2.24, 2.45) is 0 Å². The average molecular weight is 369 g/mol. The van der Waals surface area contributed by atoms with Gasteiger partial charge in [-0.15, -0.1) is 0 Å². The van der Waals surface area contributed by atoms with Crippen molar-refractivity contribution in [2.75, 3.05) is 24.8 Å². The maximum Gasteiger partial charge on any atom is 0.257 e. The summed E-state index contributed by atoms with van der Waals surface area (Å²) in [5.74, 6) is 1.48. The lowest BCUT2D eigenvalue weighted by Crippen LogP contribution is -2.36. The van der Waals surface area contributed by atoms with Gasteiger partial charge in [0.25, 0.3) is 5.91 Å². The molecule has 0 spiro atoms. The molecule has 1 amide bonds. The van der Waals surface area contributed by atoms with Crippen LogP contribution in [0.1, 0.15) is 23.0 Å². The Labute approximate surface area is 154 Å². The first-order valence-corrected chi connectivity index (χ1v) is 8.39. The van der Waals surface area contributed by atoms with Crippen LogP contribution in [0.5, 0.6) is 5.75 Å². The summed E-state index contributed by atoms with van der Waals surface area (Å²) in [6.45, 7) is 2.49. The standard InChI is InChI=1S/C17H19N7O3/c1-9-7-27-8-10-3-4-12(26-2)15(21-10)22-14-5-13(18)24-16(23-14)11(6-19-24)17(25)20-9/h3-6,9H,7-8,18H2,1-2H3,(H,20,25)(H,21,22,23). The van der Waals surface area contributed by atoms with Crippen LogP contribution >= 0.6 is 0 Å². The van der Waals surface area contributed by atoms with Crippen molar-refractivity contribution in [1.29, 1.82) is 0 Å². The number of anilines is 3. The Morgan fingerprint density at radius 3 is 3.04 bits per heavy atom. The molecule has 0 aromatic carbocycles. The Morgan fingerprint density at radius 1 is 1.37 bits per heavy atom. The van der Waals surface area contributed by atoms with Crippen molar-refractivity contribution < 1.29 is 14.3 Å². The fourth-order valence-electron chi connectivity index (χ4n) is 2.84. The van der Waals surface area contributed by atoms with Crippen LogP contribution in [0.25, 0.3) is 5.65 Å². The SMILES string of the molecule is COc1ccc2nc1Nc1cc(N)n3ncc(c3n1)C(=O)NC(C)COC2. The van der Waals surface area contributed by atoms with Gasteiger partial charge in [-0.3, -0.25) is 4.79 Å². The Kier molecular flexibility index (Phi) is 4.24. The highest BCUT2D eigenvalue weighted by atomic mass is 16.5. The summed E-state index contributed by atoms with van der Waals surface area (Å²) in [6, 6.07) is 5.03. The number of nitrogens with zero attached hydrogens (tertiary/aromatic N) is 4. The number of hydrogen-bond donors (Lipinski definition) is 3. The summed E-state index contributed by atoms with van der Waals surface area (Å²) < 4.78 is 12.4. The summed E-state index contributed by atoms with van der Waals surface area (Å²) >= 11 is 0. The monoisotopic (exact) mass is 369 g/mol. The van der Waals surface area contributed by atoms with Crippen LogP contribution in [0.2, 0.25) is 0 Å². The van der Waals surface area contributed by atoms with Gasteiger partial charge in [0.2, 0.25) is 0 Å². The molecule has 1 aliphatic heterocycles.